The highest BCUT2D eigenvalue weighted by Gasteiger charge is 2.31. The van der Waals surface area contributed by atoms with Crippen molar-refractivity contribution in [2.45, 2.75) is 77.1 Å². The van der Waals surface area contributed by atoms with Gasteiger partial charge < -0.3 is 26.4 Å². The van der Waals surface area contributed by atoms with Gasteiger partial charge in [0.15, 0.2) is 0 Å². The van der Waals surface area contributed by atoms with E-state index in [0.29, 0.717) is 12.8 Å². The zero-order chi connectivity index (χ0) is 28.7. The number of hydrogen-bond donors (Lipinski definition) is 4. The van der Waals surface area contributed by atoms with Crippen LogP contribution in [-0.4, -0.2) is 59.5 Å². The van der Waals surface area contributed by atoms with Crippen LogP contribution in [0, 0.1) is 0 Å². The molecule has 2 aliphatic rings. The van der Waals surface area contributed by atoms with Crippen molar-refractivity contribution in [3.8, 4) is 0 Å². The first-order valence-electron chi connectivity index (χ1n) is 13.1. The summed E-state index contributed by atoms with van der Waals surface area (Å²) in [4.78, 5) is 49.6. The fourth-order valence-electron chi connectivity index (χ4n) is 4.14. The average molecular weight is 538 g/mol. The minimum Gasteiger partial charge on any atom is -0.444 e. The van der Waals surface area contributed by atoms with Crippen molar-refractivity contribution in [3.63, 3.8) is 0 Å². The maximum Gasteiger partial charge on any atom is 0.410 e. The first-order valence-corrected chi connectivity index (χ1v) is 13.1. The Morgan fingerprint density at radius 1 is 0.949 bits per heavy atom. The second-order valence-corrected chi connectivity index (χ2v) is 10.8. The topological polar surface area (TPSA) is 143 Å². The molecule has 0 aliphatic carbocycles. The van der Waals surface area contributed by atoms with Crippen LogP contribution in [-0.2, 0) is 32.0 Å². The summed E-state index contributed by atoms with van der Waals surface area (Å²) >= 11 is 0. The largest absolute Gasteiger partial charge is 0.444 e. The molecular weight excluding hydrogens is 498 g/mol. The molecule has 2 unspecified atom stereocenters. The number of carbonyl (C=O) groups is 4. The third-order valence-corrected chi connectivity index (χ3v) is 6.59. The molecule has 3 atom stereocenters. The van der Waals surface area contributed by atoms with Gasteiger partial charge in [-0.3, -0.25) is 19.3 Å². The molecule has 5 N–H and O–H groups in total. The van der Waals surface area contributed by atoms with Gasteiger partial charge in [0, 0.05) is 18.4 Å². The molecule has 39 heavy (non-hydrogen) atoms. The Bertz CT molecular complexity index is 1210. The Morgan fingerprint density at radius 2 is 1.46 bits per heavy atom. The van der Waals surface area contributed by atoms with Gasteiger partial charge in [-0.05, 0) is 76.6 Å². The van der Waals surface area contributed by atoms with Gasteiger partial charge in [0.1, 0.15) is 17.7 Å². The predicted molar refractivity (Wildman–Crippen MR) is 150 cm³/mol. The SMILES string of the molecule is C[C@@H](C(=O)NC1CCc2ccccc2NC1=O)N(C)C(=O)OC(C)(C)C.NC1CCc2ccccc2NC1=O. The van der Waals surface area contributed by atoms with Crippen molar-refractivity contribution in [3.05, 3.63) is 59.7 Å². The van der Waals surface area contributed by atoms with Crippen LogP contribution < -0.4 is 21.7 Å². The van der Waals surface area contributed by atoms with E-state index >= 15 is 0 Å². The molecule has 10 nitrogen and oxygen atoms in total. The summed E-state index contributed by atoms with van der Waals surface area (Å²) in [5, 5.41) is 8.39. The molecule has 0 aromatic heterocycles. The Labute approximate surface area is 229 Å². The molecule has 2 aliphatic heterocycles. The number of nitrogens with one attached hydrogen (secondary N) is 3. The van der Waals surface area contributed by atoms with E-state index in [-0.39, 0.29) is 17.9 Å². The minimum absolute atomic E-state index is 0.0787. The fraction of sp³-hybridized carbons (Fsp3) is 0.448. The van der Waals surface area contributed by atoms with E-state index in [9.17, 15) is 19.2 Å². The first kappa shape index (κ1) is 29.6. The predicted octanol–water partition coefficient (Wildman–Crippen LogP) is 3.21. The number of para-hydroxylation sites is 2. The van der Waals surface area contributed by atoms with Crippen molar-refractivity contribution in [1.82, 2.24) is 10.2 Å². The van der Waals surface area contributed by atoms with E-state index in [0.717, 1.165) is 29.8 Å². The van der Waals surface area contributed by atoms with Gasteiger partial charge in [0.05, 0.1) is 6.04 Å². The lowest BCUT2D eigenvalue weighted by molar-refractivity contribution is -0.129. The second kappa shape index (κ2) is 12.8. The van der Waals surface area contributed by atoms with Gasteiger partial charge >= 0.3 is 6.09 Å². The molecule has 0 spiro atoms. The van der Waals surface area contributed by atoms with Crippen molar-refractivity contribution < 1.29 is 23.9 Å². The average Bonchev–Trinajstić information content (AvgIpc) is 3.13. The monoisotopic (exact) mass is 537 g/mol. The molecule has 0 saturated heterocycles. The molecule has 0 radical (unpaired) electrons. The van der Waals surface area contributed by atoms with Gasteiger partial charge in [-0.2, -0.15) is 0 Å². The standard InChI is InChI=1S/C19H27N3O4.C10H12N2O/c1-12(22(5)18(25)26-19(2,3)4)16(23)21-15-11-10-13-8-6-7-9-14(13)20-17(15)24;11-8-6-5-7-3-1-2-4-9(7)12-10(8)13/h6-9,12,15H,10-11H2,1-5H3,(H,20,24)(H,21,23);1-4,8H,5-6,11H2,(H,12,13)/t12-,15?;/m0./s1. The second-order valence-electron chi connectivity index (χ2n) is 10.8. The normalized spacial score (nSPS) is 19.2. The lowest BCUT2D eigenvalue weighted by Crippen LogP contribution is -2.52. The zero-order valence-corrected chi connectivity index (χ0v) is 23.2. The summed E-state index contributed by atoms with van der Waals surface area (Å²) in [6.45, 7) is 6.88. The summed E-state index contributed by atoms with van der Waals surface area (Å²) in [5.74, 6) is -0.732. The number of nitrogens with zero attached hydrogens (tertiary/aromatic N) is 1. The third kappa shape index (κ3) is 8.28. The molecule has 10 heteroatoms. The highest BCUT2D eigenvalue weighted by molar-refractivity contribution is 5.99. The van der Waals surface area contributed by atoms with E-state index in [1.807, 2.05) is 48.5 Å². The summed E-state index contributed by atoms with van der Waals surface area (Å²) in [5.41, 5.74) is 8.88. The lowest BCUT2D eigenvalue weighted by atomic mass is 10.1. The maximum absolute atomic E-state index is 12.5. The van der Waals surface area contributed by atoms with Gasteiger partial charge in [0.2, 0.25) is 17.7 Å². The summed E-state index contributed by atoms with van der Waals surface area (Å²) in [6, 6.07) is 13.6. The number of rotatable bonds is 3. The summed E-state index contributed by atoms with van der Waals surface area (Å²) in [7, 11) is 1.50. The Morgan fingerprint density at radius 3 is 2.03 bits per heavy atom. The Kier molecular flexibility index (Phi) is 9.69. The van der Waals surface area contributed by atoms with Crippen molar-refractivity contribution in [2.75, 3.05) is 17.7 Å². The van der Waals surface area contributed by atoms with Crippen LogP contribution >= 0.6 is 0 Å². The quantitative estimate of drug-likeness (QED) is 0.474. The van der Waals surface area contributed by atoms with Crippen LogP contribution in [0.5, 0.6) is 0 Å². The van der Waals surface area contributed by atoms with Gasteiger partial charge in [0.25, 0.3) is 0 Å². The van der Waals surface area contributed by atoms with E-state index in [1.165, 1.54) is 17.5 Å². The van der Waals surface area contributed by atoms with Crippen molar-refractivity contribution in [1.29, 1.82) is 0 Å². The van der Waals surface area contributed by atoms with Gasteiger partial charge in [-0.25, -0.2) is 4.79 Å². The number of likely N-dealkylation sites (N-methyl/N-ethyl adjacent to an activating group) is 1. The van der Waals surface area contributed by atoms with Crippen molar-refractivity contribution >= 4 is 35.2 Å². The Balaban J connectivity index is 0.000000268. The van der Waals surface area contributed by atoms with Crippen LogP contribution in [0.2, 0.25) is 0 Å². The van der Waals surface area contributed by atoms with E-state index in [4.69, 9.17) is 10.5 Å². The Hall–Kier alpha value is -3.92. The molecule has 4 amide bonds. The highest BCUT2D eigenvalue weighted by Crippen LogP contribution is 2.22. The molecule has 2 heterocycles. The molecular formula is C29H39N5O5. The first-order chi connectivity index (χ1) is 18.4. The van der Waals surface area contributed by atoms with Crippen molar-refractivity contribution in [2.24, 2.45) is 5.73 Å². The zero-order valence-electron chi connectivity index (χ0n) is 23.2. The molecule has 4 rings (SSSR count). The van der Waals surface area contributed by atoms with E-state index in [1.54, 1.807) is 27.7 Å². The summed E-state index contributed by atoms with van der Waals surface area (Å²) < 4.78 is 5.27. The molecule has 0 fully saturated rings. The smallest absolute Gasteiger partial charge is 0.410 e. The number of nitrogens with two attached hydrogens (primary N) is 1. The highest BCUT2D eigenvalue weighted by atomic mass is 16.6. The van der Waals surface area contributed by atoms with Gasteiger partial charge in [-0.15, -0.1) is 0 Å². The number of carbonyl (C=O) groups excluding carboxylic acids is 4. The fourth-order valence-corrected chi connectivity index (χ4v) is 4.14. The molecule has 210 valence electrons. The van der Waals surface area contributed by atoms with Gasteiger partial charge in [-0.1, -0.05) is 36.4 Å². The molecule has 2 aromatic rings. The van der Waals surface area contributed by atoms with Crippen LogP contribution in [0.3, 0.4) is 0 Å². The number of anilines is 2. The van der Waals surface area contributed by atoms with Crippen LogP contribution in [0.15, 0.2) is 48.5 Å². The van der Waals surface area contributed by atoms with Crippen LogP contribution in [0.4, 0.5) is 16.2 Å². The number of ether oxygens (including phenoxy) is 1. The number of hydrogen-bond acceptors (Lipinski definition) is 6. The number of fused-ring (bicyclic) bond motifs is 2. The molecule has 2 aromatic carbocycles. The maximum atomic E-state index is 12.5. The van der Waals surface area contributed by atoms with E-state index in [2.05, 4.69) is 16.0 Å². The third-order valence-electron chi connectivity index (χ3n) is 6.59. The van der Waals surface area contributed by atoms with E-state index < -0.39 is 29.7 Å². The number of aryl methyl sites for hydroxylation is 2. The minimum atomic E-state index is -0.761. The number of benzene rings is 2. The van der Waals surface area contributed by atoms with Crippen LogP contribution in [0.1, 0.15) is 51.7 Å². The molecule has 0 saturated carbocycles. The summed E-state index contributed by atoms with van der Waals surface area (Å²) in [6.07, 6.45) is 2.19. The number of amides is 4. The molecule has 0 bridgehead atoms. The lowest BCUT2D eigenvalue weighted by Gasteiger charge is -2.29. The van der Waals surface area contributed by atoms with Crippen LogP contribution in [0.25, 0.3) is 0 Å².